The molecule has 0 spiro atoms. The quantitative estimate of drug-likeness (QED) is 0.815. The number of hydrogen-bond acceptors (Lipinski definition) is 3. The van der Waals surface area contributed by atoms with Gasteiger partial charge in [-0.3, -0.25) is 4.79 Å². The van der Waals surface area contributed by atoms with Crippen LogP contribution in [0.15, 0.2) is 36.5 Å². The summed E-state index contributed by atoms with van der Waals surface area (Å²) in [6, 6.07) is 9.22. The maximum atomic E-state index is 12.0. The fraction of sp³-hybridized carbons (Fsp3) is 0.333. The SMILES string of the molecule is Cc1ccc(Cl)cc1Nc1ccc(C(=O)NCCC(C)C)nc1. The minimum atomic E-state index is -0.142. The third-order valence-corrected chi connectivity index (χ3v) is 3.72. The Bertz CT molecular complexity index is 668. The lowest BCUT2D eigenvalue weighted by Crippen LogP contribution is -2.26. The highest BCUT2D eigenvalue weighted by atomic mass is 35.5. The first-order valence-corrected chi connectivity index (χ1v) is 8.11. The van der Waals surface area contributed by atoms with Crippen molar-refractivity contribution in [2.45, 2.75) is 27.2 Å². The summed E-state index contributed by atoms with van der Waals surface area (Å²) in [6.45, 7) is 6.92. The molecule has 5 heteroatoms. The number of nitrogens with one attached hydrogen (secondary N) is 2. The monoisotopic (exact) mass is 331 g/mol. The van der Waals surface area contributed by atoms with E-state index in [1.807, 2.05) is 31.2 Å². The smallest absolute Gasteiger partial charge is 0.269 e. The maximum Gasteiger partial charge on any atom is 0.269 e. The molecule has 2 N–H and O–H groups in total. The second kappa shape index (κ2) is 7.97. The molecule has 1 aromatic carbocycles. The Kier molecular flexibility index (Phi) is 5.99. The molecule has 0 aliphatic carbocycles. The number of anilines is 2. The highest BCUT2D eigenvalue weighted by molar-refractivity contribution is 6.30. The first kappa shape index (κ1) is 17.3. The van der Waals surface area contributed by atoms with Gasteiger partial charge < -0.3 is 10.6 Å². The zero-order valence-electron chi connectivity index (χ0n) is 13.7. The van der Waals surface area contributed by atoms with Crippen LogP contribution >= 0.6 is 11.6 Å². The Balaban J connectivity index is 1.99. The van der Waals surface area contributed by atoms with E-state index in [0.29, 0.717) is 23.2 Å². The summed E-state index contributed by atoms with van der Waals surface area (Å²) in [5, 5.41) is 6.81. The predicted molar refractivity (Wildman–Crippen MR) is 95.5 cm³/mol. The molecule has 0 radical (unpaired) electrons. The summed E-state index contributed by atoms with van der Waals surface area (Å²) < 4.78 is 0. The van der Waals surface area contributed by atoms with Crippen LogP contribution in [0.2, 0.25) is 5.02 Å². The summed E-state index contributed by atoms with van der Waals surface area (Å²) in [4.78, 5) is 16.2. The second-order valence-electron chi connectivity index (χ2n) is 5.95. The fourth-order valence-electron chi connectivity index (χ4n) is 2.05. The number of pyridine rings is 1. The molecule has 122 valence electrons. The van der Waals surface area contributed by atoms with Crippen molar-refractivity contribution in [1.82, 2.24) is 10.3 Å². The molecule has 0 bridgehead atoms. The van der Waals surface area contributed by atoms with Crippen molar-refractivity contribution >= 4 is 28.9 Å². The van der Waals surface area contributed by atoms with Crippen molar-refractivity contribution in [2.75, 3.05) is 11.9 Å². The summed E-state index contributed by atoms with van der Waals surface area (Å²) in [5.41, 5.74) is 3.24. The molecule has 0 saturated carbocycles. The Hall–Kier alpha value is -2.07. The molecule has 0 aliphatic rings. The van der Waals surface area contributed by atoms with Crippen LogP contribution in [0, 0.1) is 12.8 Å². The fourth-order valence-corrected chi connectivity index (χ4v) is 2.22. The Morgan fingerprint density at radius 3 is 2.70 bits per heavy atom. The predicted octanol–water partition coefficient (Wildman–Crippen LogP) is 4.56. The van der Waals surface area contributed by atoms with Crippen LogP contribution in [0.25, 0.3) is 0 Å². The van der Waals surface area contributed by atoms with E-state index in [2.05, 4.69) is 29.5 Å². The van der Waals surface area contributed by atoms with Gasteiger partial charge in [-0.15, -0.1) is 0 Å². The molecular weight excluding hydrogens is 310 g/mol. The van der Waals surface area contributed by atoms with Gasteiger partial charge >= 0.3 is 0 Å². The standard InChI is InChI=1S/C18H22ClN3O/c1-12(2)8-9-20-18(23)16-7-6-15(11-21-16)22-17-10-14(19)5-4-13(17)3/h4-7,10-12,22H,8-9H2,1-3H3,(H,20,23). The van der Waals surface area contributed by atoms with E-state index in [1.54, 1.807) is 12.3 Å². The minimum Gasteiger partial charge on any atom is -0.354 e. The maximum absolute atomic E-state index is 12.0. The van der Waals surface area contributed by atoms with Crippen LogP contribution in [-0.2, 0) is 0 Å². The van der Waals surface area contributed by atoms with Crippen molar-refractivity contribution in [3.63, 3.8) is 0 Å². The lowest BCUT2D eigenvalue weighted by molar-refractivity contribution is 0.0947. The molecule has 1 heterocycles. The van der Waals surface area contributed by atoms with Gasteiger partial charge in [0.1, 0.15) is 5.69 Å². The molecule has 0 saturated heterocycles. The normalized spacial score (nSPS) is 10.7. The summed E-state index contributed by atoms with van der Waals surface area (Å²) in [6.07, 6.45) is 2.61. The number of carbonyl (C=O) groups excluding carboxylic acids is 1. The highest BCUT2D eigenvalue weighted by Crippen LogP contribution is 2.23. The van der Waals surface area contributed by atoms with Crippen LogP contribution in [0.1, 0.15) is 36.3 Å². The van der Waals surface area contributed by atoms with Gasteiger partial charge in [0.05, 0.1) is 11.9 Å². The van der Waals surface area contributed by atoms with Gasteiger partial charge in [0.15, 0.2) is 0 Å². The molecule has 23 heavy (non-hydrogen) atoms. The summed E-state index contributed by atoms with van der Waals surface area (Å²) in [7, 11) is 0. The third kappa shape index (κ3) is 5.25. The van der Waals surface area contributed by atoms with Gasteiger partial charge in [0.25, 0.3) is 5.91 Å². The summed E-state index contributed by atoms with van der Waals surface area (Å²) >= 11 is 6.01. The molecule has 1 amide bonds. The molecule has 0 aliphatic heterocycles. The number of halogens is 1. The van der Waals surface area contributed by atoms with Crippen LogP contribution in [0.3, 0.4) is 0 Å². The zero-order valence-corrected chi connectivity index (χ0v) is 14.4. The van der Waals surface area contributed by atoms with Crippen LogP contribution < -0.4 is 10.6 Å². The minimum absolute atomic E-state index is 0.142. The summed E-state index contributed by atoms with van der Waals surface area (Å²) in [5.74, 6) is 0.423. The molecule has 4 nitrogen and oxygen atoms in total. The molecule has 0 fully saturated rings. The van der Waals surface area contributed by atoms with Crippen molar-refractivity contribution in [2.24, 2.45) is 5.92 Å². The van der Waals surface area contributed by atoms with E-state index < -0.39 is 0 Å². The zero-order chi connectivity index (χ0) is 16.8. The second-order valence-corrected chi connectivity index (χ2v) is 6.39. The van der Waals surface area contributed by atoms with Gasteiger partial charge in [-0.25, -0.2) is 4.98 Å². The van der Waals surface area contributed by atoms with Crippen molar-refractivity contribution in [3.8, 4) is 0 Å². The molecule has 1 aromatic heterocycles. The van der Waals surface area contributed by atoms with E-state index in [4.69, 9.17) is 11.6 Å². The number of benzene rings is 1. The number of rotatable bonds is 6. The number of nitrogens with zero attached hydrogens (tertiary/aromatic N) is 1. The largest absolute Gasteiger partial charge is 0.354 e. The Labute approximate surface area is 142 Å². The van der Waals surface area contributed by atoms with E-state index >= 15 is 0 Å². The number of aromatic nitrogens is 1. The number of aryl methyl sites for hydroxylation is 1. The lowest BCUT2D eigenvalue weighted by atomic mass is 10.1. The van der Waals surface area contributed by atoms with Crippen LogP contribution in [0.4, 0.5) is 11.4 Å². The Morgan fingerprint density at radius 1 is 1.26 bits per heavy atom. The van der Waals surface area contributed by atoms with E-state index in [-0.39, 0.29) is 5.91 Å². The third-order valence-electron chi connectivity index (χ3n) is 3.48. The average Bonchev–Trinajstić information content (AvgIpc) is 2.51. The lowest BCUT2D eigenvalue weighted by Gasteiger charge is -2.10. The number of hydrogen-bond donors (Lipinski definition) is 2. The Morgan fingerprint density at radius 2 is 2.04 bits per heavy atom. The molecule has 2 rings (SSSR count). The van der Waals surface area contributed by atoms with E-state index in [1.165, 1.54) is 0 Å². The molecule has 2 aromatic rings. The molecule has 0 atom stereocenters. The number of amides is 1. The van der Waals surface area contributed by atoms with Gasteiger partial charge in [-0.2, -0.15) is 0 Å². The molecule has 0 unspecified atom stereocenters. The molecular formula is C18H22ClN3O. The van der Waals surface area contributed by atoms with Crippen LogP contribution in [0.5, 0.6) is 0 Å². The van der Waals surface area contributed by atoms with Gasteiger partial charge in [0.2, 0.25) is 0 Å². The van der Waals surface area contributed by atoms with Gasteiger partial charge in [-0.1, -0.05) is 31.5 Å². The average molecular weight is 332 g/mol. The topological polar surface area (TPSA) is 54.0 Å². The van der Waals surface area contributed by atoms with Crippen molar-refractivity contribution in [3.05, 3.63) is 52.8 Å². The highest BCUT2D eigenvalue weighted by Gasteiger charge is 2.07. The van der Waals surface area contributed by atoms with E-state index in [0.717, 1.165) is 23.4 Å². The van der Waals surface area contributed by atoms with Crippen LogP contribution in [-0.4, -0.2) is 17.4 Å². The van der Waals surface area contributed by atoms with Gasteiger partial charge in [0, 0.05) is 17.3 Å². The first-order valence-electron chi connectivity index (χ1n) is 7.73. The van der Waals surface area contributed by atoms with Crippen molar-refractivity contribution < 1.29 is 4.79 Å². The van der Waals surface area contributed by atoms with E-state index in [9.17, 15) is 4.79 Å². The number of carbonyl (C=O) groups is 1. The first-order chi connectivity index (χ1) is 11.0. The van der Waals surface area contributed by atoms with Gasteiger partial charge in [-0.05, 0) is 49.1 Å². The van der Waals surface area contributed by atoms with Crippen molar-refractivity contribution in [1.29, 1.82) is 0 Å².